The van der Waals surface area contributed by atoms with Crippen molar-refractivity contribution in [3.63, 3.8) is 0 Å². The van der Waals surface area contributed by atoms with Gasteiger partial charge in [0.15, 0.2) is 0 Å². The molecule has 1 unspecified atom stereocenters. The highest BCUT2D eigenvalue weighted by Gasteiger charge is 2.22. The molecule has 0 fully saturated rings. The lowest BCUT2D eigenvalue weighted by Crippen LogP contribution is -2.23. The highest BCUT2D eigenvalue weighted by molar-refractivity contribution is 6.31. The van der Waals surface area contributed by atoms with Gasteiger partial charge in [0.1, 0.15) is 5.82 Å². The summed E-state index contributed by atoms with van der Waals surface area (Å²) in [5, 5.41) is 0.624. The van der Waals surface area contributed by atoms with E-state index in [2.05, 4.69) is 32.3 Å². The van der Waals surface area contributed by atoms with Crippen molar-refractivity contribution < 1.29 is 0 Å². The molecule has 2 rings (SSSR count). The lowest BCUT2D eigenvalue weighted by atomic mass is 9.85. The molecule has 21 heavy (non-hydrogen) atoms. The van der Waals surface area contributed by atoms with Gasteiger partial charge >= 0.3 is 0 Å². The van der Waals surface area contributed by atoms with E-state index in [0.717, 1.165) is 28.4 Å². The second kappa shape index (κ2) is 6.58. The average Bonchev–Trinajstić information content (AvgIpc) is 2.73. The van der Waals surface area contributed by atoms with Crippen molar-refractivity contribution in [1.29, 1.82) is 0 Å². The number of hydrogen-bond donors (Lipinski definition) is 0. The number of imidazole rings is 1. The van der Waals surface area contributed by atoms with Crippen molar-refractivity contribution in [3.05, 3.63) is 29.0 Å². The molecule has 2 nitrogen and oxygen atoms in total. The fourth-order valence-electron chi connectivity index (χ4n) is 3.01. The SMILES string of the molecule is CC(Cl)c1nc2ccc(Cl)cc2n1CC(C(C)C)C(C)C. The van der Waals surface area contributed by atoms with E-state index in [1.54, 1.807) is 0 Å². The van der Waals surface area contributed by atoms with Gasteiger partial charge in [0.25, 0.3) is 0 Å². The highest BCUT2D eigenvalue weighted by atomic mass is 35.5. The van der Waals surface area contributed by atoms with Crippen LogP contribution in [0.1, 0.15) is 45.8 Å². The summed E-state index contributed by atoms with van der Waals surface area (Å²) in [6, 6.07) is 5.84. The van der Waals surface area contributed by atoms with Gasteiger partial charge in [-0.05, 0) is 42.9 Å². The van der Waals surface area contributed by atoms with E-state index < -0.39 is 0 Å². The van der Waals surface area contributed by atoms with Crippen LogP contribution in [0.3, 0.4) is 0 Å². The predicted molar refractivity (Wildman–Crippen MR) is 92.2 cm³/mol. The summed E-state index contributed by atoms with van der Waals surface area (Å²) < 4.78 is 2.25. The minimum Gasteiger partial charge on any atom is -0.326 e. The largest absolute Gasteiger partial charge is 0.326 e. The average molecular weight is 327 g/mol. The van der Waals surface area contributed by atoms with Crippen LogP contribution in [-0.4, -0.2) is 9.55 Å². The molecule has 1 atom stereocenters. The minimum atomic E-state index is -0.115. The molecule has 0 N–H and O–H groups in total. The molecule has 0 aliphatic heterocycles. The number of nitrogens with zero attached hydrogens (tertiary/aromatic N) is 2. The molecular formula is C17H24Cl2N2. The molecular weight excluding hydrogens is 303 g/mol. The molecule has 2 aromatic rings. The predicted octanol–water partition coefficient (Wildman–Crippen LogP) is 5.92. The third-order valence-corrected chi connectivity index (χ3v) is 4.63. The van der Waals surface area contributed by atoms with E-state index in [1.165, 1.54) is 0 Å². The summed E-state index contributed by atoms with van der Waals surface area (Å²) in [5.74, 6) is 2.73. The summed E-state index contributed by atoms with van der Waals surface area (Å²) in [6.07, 6.45) is 0. The molecule has 0 aliphatic rings. The van der Waals surface area contributed by atoms with Crippen molar-refractivity contribution in [1.82, 2.24) is 9.55 Å². The summed E-state index contributed by atoms with van der Waals surface area (Å²) in [7, 11) is 0. The Labute approximate surface area is 137 Å². The van der Waals surface area contributed by atoms with Crippen molar-refractivity contribution in [2.45, 2.75) is 46.5 Å². The van der Waals surface area contributed by atoms with Gasteiger partial charge in [-0.1, -0.05) is 39.3 Å². The van der Waals surface area contributed by atoms with E-state index in [1.807, 2.05) is 25.1 Å². The molecule has 0 saturated heterocycles. The summed E-state index contributed by atoms with van der Waals surface area (Å²) in [4.78, 5) is 4.70. The fraction of sp³-hybridized carbons (Fsp3) is 0.588. The number of hydrogen-bond acceptors (Lipinski definition) is 1. The fourth-order valence-corrected chi connectivity index (χ4v) is 3.35. The molecule has 0 spiro atoms. The number of alkyl halides is 1. The Kier molecular flexibility index (Phi) is 5.21. The van der Waals surface area contributed by atoms with E-state index in [0.29, 0.717) is 17.8 Å². The van der Waals surface area contributed by atoms with Gasteiger partial charge in [-0.3, -0.25) is 0 Å². The molecule has 0 aliphatic carbocycles. The molecule has 0 saturated carbocycles. The third kappa shape index (κ3) is 3.54. The number of fused-ring (bicyclic) bond motifs is 1. The van der Waals surface area contributed by atoms with Crippen LogP contribution in [0.2, 0.25) is 5.02 Å². The lowest BCUT2D eigenvalue weighted by molar-refractivity contribution is 0.252. The number of aromatic nitrogens is 2. The van der Waals surface area contributed by atoms with Gasteiger partial charge in [0.2, 0.25) is 0 Å². The Balaban J connectivity index is 2.54. The first-order chi connectivity index (χ1) is 9.81. The van der Waals surface area contributed by atoms with Crippen LogP contribution < -0.4 is 0 Å². The Morgan fingerprint density at radius 3 is 2.24 bits per heavy atom. The number of benzene rings is 1. The van der Waals surface area contributed by atoms with Gasteiger partial charge in [-0.2, -0.15) is 0 Å². The first-order valence-corrected chi connectivity index (χ1v) is 8.42. The zero-order chi connectivity index (χ0) is 15.7. The summed E-state index contributed by atoms with van der Waals surface area (Å²) >= 11 is 12.5. The number of halogens is 2. The normalized spacial score (nSPS) is 13.8. The van der Waals surface area contributed by atoms with Crippen LogP contribution in [0.5, 0.6) is 0 Å². The second-order valence-electron chi connectivity index (χ2n) is 6.48. The maximum atomic E-state index is 6.35. The second-order valence-corrected chi connectivity index (χ2v) is 7.57. The Morgan fingerprint density at radius 1 is 1.10 bits per heavy atom. The van der Waals surface area contributed by atoms with Crippen LogP contribution in [0.15, 0.2) is 18.2 Å². The standard InChI is InChI=1S/C17H24Cl2N2/c1-10(2)14(11(3)4)9-21-16-8-13(19)6-7-15(16)20-17(21)12(5)18/h6-8,10-12,14H,9H2,1-5H3. The highest BCUT2D eigenvalue weighted by Crippen LogP contribution is 2.30. The van der Waals surface area contributed by atoms with Crippen LogP contribution in [0, 0.1) is 17.8 Å². The van der Waals surface area contributed by atoms with Gasteiger partial charge in [-0.15, -0.1) is 11.6 Å². The molecule has 1 aromatic heterocycles. The summed E-state index contributed by atoms with van der Waals surface area (Å²) in [6.45, 7) is 12.0. The topological polar surface area (TPSA) is 17.8 Å². The van der Waals surface area contributed by atoms with E-state index >= 15 is 0 Å². The van der Waals surface area contributed by atoms with E-state index in [-0.39, 0.29) is 5.38 Å². The molecule has 4 heteroatoms. The smallest absolute Gasteiger partial charge is 0.127 e. The quantitative estimate of drug-likeness (QED) is 0.624. The minimum absolute atomic E-state index is 0.115. The molecule has 0 bridgehead atoms. The van der Waals surface area contributed by atoms with Gasteiger partial charge in [0.05, 0.1) is 16.4 Å². The maximum absolute atomic E-state index is 6.35. The zero-order valence-electron chi connectivity index (χ0n) is 13.4. The summed E-state index contributed by atoms with van der Waals surface area (Å²) in [5.41, 5.74) is 2.05. The maximum Gasteiger partial charge on any atom is 0.127 e. The monoisotopic (exact) mass is 326 g/mol. The van der Waals surface area contributed by atoms with Crippen LogP contribution in [-0.2, 0) is 6.54 Å². The first-order valence-electron chi connectivity index (χ1n) is 7.61. The van der Waals surface area contributed by atoms with Crippen LogP contribution in [0.4, 0.5) is 0 Å². The van der Waals surface area contributed by atoms with Gasteiger partial charge in [-0.25, -0.2) is 4.98 Å². The lowest BCUT2D eigenvalue weighted by Gasteiger charge is -2.26. The van der Waals surface area contributed by atoms with Crippen molar-refractivity contribution in [2.75, 3.05) is 0 Å². The Morgan fingerprint density at radius 2 is 1.71 bits per heavy atom. The number of rotatable bonds is 5. The van der Waals surface area contributed by atoms with Crippen molar-refractivity contribution in [2.24, 2.45) is 17.8 Å². The molecule has 1 heterocycles. The Hall–Kier alpha value is -0.730. The van der Waals surface area contributed by atoms with Crippen molar-refractivity contribution >= 4 is 34.2 Å². The van der Waals surface area contributed by atoms with Crippen molar-refractivity contribution in [3.8, 4) is 0 Å². The van der Waals surface area contributed by atoms with Gasteiger partial charge in [0, 0.05) is 11.6 Å². The van der Waals surface area contributed by atoms with Crippen LogP contribution >= 0.6 is 23.2 Å². The van der Waals surface area contributed by atoms with E-state index in [4.69, 9.17) is 28.2 Å². The zero-order valence-corrected chi connectivity index (χ0v) is 14.9. The molecule has 0 radical (unpaired) electrons. The third-order valence-electron chi connectivity index (χ3n) is 4.20. The molecule has 116 valence electrons. The first kappa shape index (κ1) is 16.6. The molecule has 1 aromatic carbocycles. The van der Waals surface area contributed by atoms with Gasteiger partial charge < -0.3 is 4.57 Å². The van der Waals surface area contributed by atoms with Crippen LogP contribution in [0.25, 0.3) is 11.0 Å². The molecule has 0 amide bonds. The Bertz CT molecular complexity index is 607. The van der Waals surface area contributed by atoms with E-state index in [9.17, 15) is 0 Å².